The number of hydrogen-bond donors (Lipinski definition) is 0. The molecule has 0 unspecified atom stereocenters. The highest BCUT2D eigenvalue weighted by Crippen LogP contribution is 2.29. The minimum absolute atomic E-state index is 0.0114. The molecule has 0 atom stereocenters. The molecular weight excluding hydrogens is 208 g/mol. The van der Waals surface area contributed by atoms with Gasteiger partial charge in [-0.3, -0.25) is 0 Å². The summed E-state index contributed by atoms with van der Waals surface area (Å²) in [5.41, 5.74) is 1.06. The number of halogens is 2. The quantitative estimate of drug-likeness (QED) is 0.569. The third-order valence-corrected chi connectivity index (χ3v) is 1.59. The summed E-state index contributed by atoms with van der Waals surface area (Å²) in [6, 6.07) is 4.74. The first-order valence-electron chi connectivity index (χ1n) is 3.77. The average molecular weight is 215 g/mol. The number of rotatable bonds is 3. The Hall–Kier alpha value is -1.32. The van der Waals surface area contributed by atoms with E-state index in [1.807, 2.05) is 0 Å². The van der Waals surface area contributed by atoms with E-state index < -0.39 is 6.61 Å². The van der Waals surface area contributed by atoms with Crippen molar-refractivity contribution in [1.82, 2.24) is 0 Å². The van der Waals surface area contributed by atoms with Gasteiger partial charge >= 0.3 is 6.61 Å². The summed E-state index contributed by atoms with van der Waals surface area (Å²) in [5, 5.41) is 2.10. The van der Waals surface area contributed by atoms with Crippen molar-refractivity contribution in [3.8, 4) is 5.75 Å². The van der Waals surface area contributed by atoms with Crippen molar-refractivity contribution in [2.24, 2.45) is 4.99 Å². The smallest absolute Gasteiger partial charge is 0.387 e. The molecule has 74 valence electrons. The van der Waals surface area contributed by atoms with Crippen LogP contribution in [0.3, 0.4) is 0 Å². The second-order valence-electron chi connectivity index (χ2n) is 2.55. The van der Waals surface area contributed by atoms with Crippen LogP contribution in [0.4, 0.5) is 14.5 Å². The predicted molar refractivity (Wildman–Crippen MR) is 52.5 cm³/mol. The largest absolute Gasteiger partial charge is 0.432 e. The Bertz CT molecular complexity index is 375. The molecule has 14 heavy (non-hydrogen) atoms. The lowest BCUT2D eigenvalue weighted by Gasteiger charge is -2.07. The first-order valence-corrected chi connectivity index (χ1v) is 4.17. The topological polar surface area (TPSA) is 21.6 Å². The average Bonchev–Trinajstić information content (AvgIpc) is 2.09. The Morgan fingerprint density at radius 3 is 2.79 bits per heavy atom. The number of ether oxygens (including phenoxy) is 1. The summed E-state index contributed by atoms with van der Waals surface area (Å²) >= 11 is 4.38. The number of thiocarbonyl (C=S) groups is 1. The summed E-state index contributed by atoms with van der Waals surface area (Å²) in [5.74, 6) is 0.0114. The molecule has 1 rings (SSSR count). The molecule has 0 heterocycles. The van der Waals surface area contributed by atoms with Gasteiger partial charge in [0.15, 0.2) is 5.75 Å². The lowest BCUT2D eigenvalue weighted by molar-refractivity contribution is -0.0494. The zero-order chi connectivity index (χ0) is 10.6. The van der Waals surface area contributed by atoms with Gasteiger partial charge in [0.25, 0.3) is 0 Å². The predicted octanol–water partition coefficient (Wildman–Crippen LogP) is 3.33. The molecule has 0 aliphatic carbocycles. The molecule has 5 heteroatoms. The zero-order valence-electron chi connectivity index (χ0n) is 7.33. The molecular formula is C9H7F2NOS. The van der Waals surface area contributed by atoms with Crippen LogP contribution in [0.15, 0.2) is 23.2 Å². The zero-order valence-corrected chi connectivity index (χ0v) is 8.15. The first-order chi connectivity index (χ1) is 6.63. The number of isothiocyanates is 1. The maximum absolute atomic E-state index is 12.0. The highest BCUT2D eigenvalue weighted by atomic mass is 32.1. The van der Waals surface area contributed by atoms with Gasteiger partial charge in [-0.15, -0.1) is 0 Å². The Morgan fingerprint density at radius 2 is 2.21 bits per heavy atom. The van der Waals surface area contributed by atoms with Crippen molar-refractivity contribution >= 4 is 23.1 Å². The monoisotopic (exact) mass is 215 g/mol. The molecule has 1 aromatic rings. The van der Waals surface area contributed by atoms with Crippen LogP contribution in [0.1, 0.15) is 5.56 Å². The molecule has 2 nitrogen and oxygen atoms in total. The van der Waals surface area contributed by atoms with Crippen molar-refractivity contribution in [2.45, 2.75) is 13.5 Å². The summed E-state index contributed by atoms with van der Waals surface area (Å²) in [6.45, 7) is -1.10. The third-order valence-electron chi connectivity index (χ3n) is 1.50. The van der Waals surface area contributed by atoms with Gasteiger partial charge in [0.1, 0.15) is 5.69 Å². The maximum atomic E-state index is 12.0. The number of alkyl halides is 2. The van der Waals surface area contributed by atoms with Crippen LogP contribution in [0.2, 0.25) is 0 Å². The van der Waals surface area contributed by atoms with Crippen molar-refractivity contribution in [3.63, 3.8) is 0 Å². The van der Waals surface area contributed by atoms with E-state index in [4.69, 9.17) is 0 Å². The van der Waals surface area contributed by atoms with Crippen LogP contribution in [0.25, 0.3) is 0 Å². The van der Waals surface area contributed by atoms with E-state index >= 15 is 0 Å². The SMILES string of the molecule is Cc1ccc(N=C=S)c(OC(F)F)c1. The van der Waals surface area contributed by atoms with E-state index in [0.717, 1.165) is 5.56 Å². The van der Waals surface area contributed by atoms with Crippen molar-refractivity contribution in [3.05, 3.63) is 23.8 Å². The van der Waals surface area contributed by atoms with Gasteiger partial charge < -0.3 is 4.74 Å². The van der Waals surface area contributed by atoms with Gasteiger partial charge in [-0.05, 0) is 36.8 Å². The van der Waals surface area contributed by atoms with E-state index in [-0.39, 0.29) is 11.4 Å². The summed E-state index contributed by atoms with van der Waals surface area (Å²) in [6.07, 6.45) is 0. The van der Waals surface area contributed by atoms with Crippen molar-refractivity contribution in [1.29, 1.82) is 0 Å². The fraction of sp³-hybridized carbons (Fsp3) is 0.222. The first kappa shape index (κ1) is 10.8. The molecule has 0 saturated heterocycles. The Labute approximate surface area is 85.2 Å². The fourth-order valence-corrected chi connectivity index (χ4v) is 1.05. The van der Waals surface area contributed by atoms with Gasteiger partial charge in [-0.1, -0.05) is 6.07 Å². The molecule has 0 radical (unpaired) electrons. The number of aliphatic imine (C=N–C) groups is 1. The van der Waals surface area contributed by atoms with Gasteiger partial charge in [0, 0.05) is 0 Å². The fourth-order valence-electron chi connectivity index (χ4n) is 0.953. The Kier molecular flexibility index (Phi) is 3.68. The Morgan fingerprint density at radius 1 is 1.50 bits per heavy atom. The molecule has 0 amide bonds. The normalized spacial score (nSPS) is 9.71. The van der Waals surface area contributed by atoms with Crippen LogP contribution in [0.5, 0.6) is 5.75 Å². The minimum Gasteiger partial charge on any atom is -0.432 e. The minimum atomic E-state index is -2.86. The summed E-state index contributed by atoms with van der Waals surface area (Å²) < 4.78 is 28.2. The lowest BCUT2D eigenvalue weighted by Crippen LogP contribution is -2.02. The van der Waals surface area contributed by atoms with E-state index in [9.17, 15) is 8.78 Å². The van der Waals surface area contributed by atoms with E-state index in [0.29, 0.717) is 0 Å². The van der Waals surface area contributed by atoms with Crippen molar-refractivity contribution in [2.75, 3.05) is 0 Å². The maximum Gasteiger partial charge on any atom is 0.387 e. The van der Waals surface area contributed by atoms with Gasteiger partial charge in [-0.2, -0.15) is 13.8 Å². The lowest BCUT2D eigenvalue weighted by atomic mass is 10.2. The number of hydrogen-bond acceptors (Lipinski definition) is 3. The van der Waals surface area contributed by atoms with Crippen LogP contribution in [0, 0.1) is 6.92 Å². The van der Waals surface area contributed by atoms with Crippen LogP contribution < -0.4 is 4.74 Å². The van der Waals surface area contributed by atoms with Crippen LogP contribution in [-0.4, -0.2) is 11.8 Å². The summed E-state index contributed by atoms with van der Waals surface area (Å²) in [7, 11) is 0. The van der Waals surface area contributed by atoms with E-state index in [1.54, 1.807) is 19.1 Å². The second-order valence-corrected chi connectivity index (χ2v) is 2.74. The van der Waals surface area contributed by atoms with E-state index in [1.165, 1.54) is 6.07 Å². The molecule has 1 aromatic carbocycles. The molecule has 0 saturated carbocycles. The molecule has 0 bridgehead atoms. The summed E-state index contributed by atoms with van der Waals surface area (Å²) in [4.78, 5) is 3.61. The second kappa shape index (κ2) is 4.79. The number of aryl methyl sites for hydroxylation is 1. The van der Waals surface area contributed by atoms with Crippen molar-refractivity contribution < 1.29 is 13.5 Å². The number of benzene rings is 1. The van der Waals surface area contributed by atoms with Gasteiger partial charge in [-0.25, -0.2) is 0 Å². The number of nitrogens with zero attached hydrogens (tertiary/aromatic N) is 1. The van der Waals surface area contributed by atoms with Crippen LogP contribution in [-0.2, 0) is 0 Å². The molecule has 0 aliphatic heterocycles. The van der Waals surface area contributed by atoms with E-state index in [2.05, 4.69) is 27.1 Å². The third kappa shape index (κ3) is 2.87. The van der Waals surface area contributed by atoms with Gasteiger partial charge in [0.2, 0.25) is 0 Å². The molecule has 0 aromatic heterocycles. The van der Waals surface area contributed by atoms with Crippen LogP contribution >= 0.6 is 12.2 Å². The highest BCUT2D eigenvalue weighted by molar-refractivity contribution is 7.78. The highest BCUT2D eigenvalue weighted by Gasteiger charge is 2.08. The molecule has 0 spiro atoms. The van der Waals surface area contributed by atoms with Gasteiger partial charge in [0.05, 0.1) is 5.16 Å². The standard InChI is InChI=1S/C9H7F2NOS/c1-6-2-3-7(12-5-14)8(4-6)13-9(10)11/h2-4,9H,1H3. The molecule has 0 N–H and O–H groups in total. The molecule has 0 fully saturated rings. The molecule has 0 aliphatic rings. The Balaban J connectivity index is 3.08.